The molecule has 1 aromatic heterocycles. The van der Waals surface area contributed by atoms with Gasteiger partial charge in [0.05, 0.1) is 12.2 Å². The van der Waals surface area contributed by atoms with Gasteiger partial charge in [0.15, 0.2) is 0 Å². The van der Waals surface area contributed by atoms with Gasteiger partial charge < -0.3 is 82.9 Å². The van der Waals surface area contributed by atoms with Gasteiger partial charge in [-0.3, -0.25) is 52.8 Å². The molecule has 2 aliphatic heterocycles. The van der Waals surface area contributed by atoms with E-state index in [2.05, 4.69) is 58.2 Å². The molecule has 2 aliphatic rings. The Kier molecular flexibility index (Phi) is 28.7. The van der Waals surface area contributed by atoms with E-state index in [9.17, 15) is 58.5 Å². The van der Waals surface area contributed by atoms with Crippen molar-refractivity contribution in [3.63, 3.8) is 0 Å². The number of aliphatic hydroxyl groups is 2. The zero-order chi connectivity index (χ0) is 71.1. The van der Waals surface area contributed by atoms with E-state index in [4.69, 9.17) is 9.47 Å². The van der Waals surface area contributed by atoms with Crippen LogP contribution in [0.25, 0.3) is 10.9 Å². The number of H-pyrrole nitrogens is 1. The Bertz CT molecular complexity index is 3450. The number of rotatable bonds is 23. The van der Waals surface area contributed by atoms with Crippen molar-refractivity contribution in [2.75, 3.05) is 31.1 Å². The number of aromatic amines is 1. The number of ether oxygens (including phenoxy) is 2. The van der Waals surface area contributed by atoms with Crippen LogP contribution in [0.4, 0.5) is 9.59 Å². The first kappa shape index (κ1) is 76.8. The van der Waals surface area contributed by atoms with Crippen molar-refractivity contribution in [2.45, 2.75) is 172 Å². The topological polar surface area (TPSA) is 423 Å². The second-order valence-corrected chi connectivity index (χ2v) is 27.9. The molecule has 12 amide bonds. The number of alkyl carbamates (subject to hydrolysis) is 2. The first-order valence-corrected chi connectivity index (χ1v) is 34.2. The largest absolute Gasteiger partial charge is 0.508 e. The van der Waals surface area contributed by atoms with Crippen LogP contribution in [-0.4, -0.2) is 199 Å². The third-order valence-electron chi connectivity index (χ3n) is 15.0. The normalized spacial score (nSPS) is 20.7. The number of nitrogens with zero attached hydrogens (tertiary/aromatic N) is 1. The van der Waals surface area contributed by atoms with Crippen LogP contribution >= 0.6 is 21.6 Å². The SMILES string of the molecule is C[C@@H](O)[C@H](NC(=O)[C@@H]1CSSC[C@H](NC(=O)[C@@H](Cc2ccccc2)NC(=O)OC(C)(C)C)C(=O)N[C@@H](Cc2ccc(O)cc2)C(=O)N[C@H](Cc2c[nH]c3ccccc23)C(=O)N[C@@H](CCCCNC(=O)OC(C)(C)C)C(=O)N[C@@H]([C@@H](C)O)C(=O)N1)C(=O)NCCCN1C(=O)C=CC1=O. The monoisotopic (exact) mass is 1380 g/mol. The van der Waals surface area contributed by atoms with Gasteiger partial charge >= 0.3 is 12.2 Å². The highest BCUT2D eigenvalue weighted by molar-refractivity contribution is 8.76. The van der Waals surface area contributed by atoms with Crippen molar-refractivity contribution in [1.29, 1.82) is 0 Å². The summed E-state index contributed by atoms with van der Waals surface area (Å²) in [5.74, 6) is -9.85. The van der Waals surface area contributed by atoms with E-state index < -0.39 is 149 Å². The molecule has 10 atom stereocenters. The van der Waals surface area contributed by atoms with Gasteiger partial charge in [-0.2, -0.15) is 0 Å². The molecule has 14 N–H and O–H groups in total. The van der Waals surface area contributed by atoms with Crippen LogP contribution < -0.4 is 53.2 Å². The van der Waals surface area contributed by atoms with Crippen molar-refractivity contribution in [1.82, 2.24) is 63.1 Å². The van der Waals surface area contributed by atoms with Crippen LogP contribution in [-0.2, 0) is 76.7 Å². The number of imide groups is 1. The van der Waals surface area contributed by atoms with Gasteiger partial charge in [0, 0.05) is 79.7 Å². The Morgan fingerprint density at radius 1 is 0.619 bits per heavy atom. The molecule has 0 bridgehead atoms. The third-order valence-corrected chi connectivity index (χ3v) is 17.4. The fourth-order valence-corrected chi connectivity index (χ4v) is 12.4. The van der Waals surface area contributed by atoms with E-state index in [0.717, 1.165) is 38.6 Å². The molecule has 0 aliphatic carbocycles. The predicted octanol–water partition coefficient (Wildman–Crippen LogP) is 1.47. The number of hydrogen-bond donors (Lipinski definition) is 14. The second-order valence-electron chi connectivity index (χ2n) is 25.4. The zero-order valence-electron chi connectivity index (χ0n) is 55.3. The molecule has 3 heterocycles. The smallest absolute Gasteiger partial charge is 0.408 e. The van der Waals surface area contributed by atoms with Crippen molar-refractivity contribution < 1.29 is 82.3 Å². The highest BCUT2D eigenvalue weighted by Crippen LogP contribution is 2.25. The molecule has 3 aromatic carbocycles. The lowest BCUT2D eigenvalue weighted by molar-refractivity contribution is -0.137. The molecular formula is C66H88N12O17S2. The standard InChI is InChI=1S/C66H88N12O17S2/c1-37(79)53(61(90)67-29-16-30-78-51(82)26-27-52(78)83)76-60(89)50-36-97-96-35-49(73-57(86)47(31-39-17-10-9-11-18-39)75-64(93)95-66(6,7)8)59(88)71-46(32-40-22-24-42(81)25-23-40)56(85)72-48(33-41-34-69-44-20-13-12-19-43(41)44)58(87)70-45(55(84)77-54(38(2)80)62(91)74-50)21-14-15-28-68-63(92)94-65(3,4)5/h9-13,17-20,22-27,34,37-38,45-50,53-54,69,79-81H,14-16,21,28-33,35-36H2,1-8H3,(H,67,90)(H,68,92)(H,70,87)(H,71,88)(H,72,85)(H,73,86)(H,74,91)(H,75,93)(H,76,89)(H,77,84)/t37-,38-,45+,46+,47-,48-,49+,50+,53+,54+/m1/s1. The van der Waals surface area contributed by atoms with Gasteiger partial charge in [-0.15, -0.1) is 0 Å². The van der Waals surface area contributed by atoms with Gasteiger partial charge in [0.1, 0.15) is 65.3 Å². The number of benzene rings is 3. The zero-order valence-corrected chi connectivity index (χ0v) is 57.0. The van der Waals surface area contributed by atoms with Crippen molar-refractivity contribution in [2.24, 2.45) is 0 Å². The molecule has 1 saturated heterocycles. The molecule has 0 radical (unpaired) electrons. The number of carbonyl (C=O) groups is 12. The highest BCUT2D eigenvalue weighted by atomic mass is 33.1. The summed E-state index contributed by atoms with van der Waals surface area (Å²) >= 11 is 0. The summed E-state index contributed by atoms with van der Waals surface area (Å²) in [5, 5.41) is 59.4. The number of aliphatic hydroxyl groups excluding tert-OH is 2. The third kappa shape index (κ3) is 25.1. The summed E-state index contributed by atoms with van der Waals surface area (Å²) in [6, 6.07) is 8.54. The van der Waals surface area contributed by atoms with E-state index in [1.54, 1.807) is 102 Å². The summed E-state index contributed by atoms with van der Waals surface area (Å²) in [4.78, 5) is 172. The first-order chi connectivity index (χ1) is 45.8. The van der Waals surface area contributed by atoms with E-state index in [1.165, 1.54) is 38.1 Å². The molecule has 31 heteroatoms. The maximum Gasteiger partial charge on any atom is 0.408 e. The molecular weight excluding hydrogens is 1300 g/mol. The highest BCUT2D eigenvalue weighted by Gasteiger charge is 2.38. The number of phenolic OH excluding ortho intramolecular Hbond substituents is 1. The van der Waals surface area contributed by atoms with E-state index >= 15 is 14.4 Å². The summed E-state index contributed by atoms with van der Waals surface area (Å²) < 4.78 is 10.9. The number of aromatic hydroxyl groups is 1. The number of amides is 12. The Balaban J connectivity index is 1.41. The summed E-state index contributed by atoms with van der Waals surface area (Å²) in [6.45, 7) is 12.2. The van der Waals surface area contributed by atoms with Crippen LogP contribution in [0.5, 0.6) is 5.75 Å². The number of hydrogen-bond acceptors (Lipinski definition) is 19. The first-order valence-electron chi connectivity index (χ1n) is 31.7. The molecule has 6 rings (SSSR count). The number of carbonyl (C=O) groups excluding carboxylic acids is 12. The molecule has 1 fully saturated rings. The van der Waals surface area contributed by atoms with Gasteiger partial charge in [-0.25, -0.2) is 9.59 Å². The average molecular weight is 1390 g/mol. The lowest BCUT2D eigenvalue weighted by atomic mass is 10.0. The number of nitrogens with one attached hydrogen (secondary N) is 11. The number of unbranched alkanes of at least 4 members (excludes halogenated alkanes) is 1. The van der Waals surface area contributed by atoms with Gasteiger partial charge in [-0.05, 0) is 116 Å². The van der Waals surface area contributed by atoms with Gasteiger partial charge in [0.25, 0.3) is 11.8 Å². The molecule has 526 valence electrons. The number of fused-ring (bicyclic) bond motifs is 1. The van der Waals surface area contributed by atoms with Crippen LogP contribution in [0.15, 0.2) is 97.2 Å². The fourth-order valence-electron chi connectivity index (χ4n) is 10.0. The Morgan fingerprint density at radius 2 is 1.21 bits per heavy atom. The quantitative estimate of drug-likeness (QED) is 0.0284. The molecule has 29 nitrogen and oxygen atoms in total. The Hall–Kier alpha value is -9.20. The molecule has 0 spiro atoms. The van der Waals surface area contributed by atoms with E-state index in [1.807, 2.05) is 0 Å². The van der Waals surface area contributed by atoms with Crippen LogP contribution in [0.2, 0.25) is 0 Å². The Morgan fingerprint density at radius 3 is 1.86 bits per heavy atom. The average Bonchev–Trinajstić information content (AvgIpc) is 1.81. The minimum absolute atomic E-state index is 0.0589. The summed E-state index contributed by atoms with van der Waals surface area (Å²) in [7, 11) is 1.75. The van der Waals surface area contributed by atoms with E-state index in [-0.39, 0.29) is 76.1 Å². The molecule has 4 aromatic rings. The lowest BCUT2D eigenvalue weighted by Crippen LogP contribution is -2.63. The van der Waals surface area contributed by atoms with Crippen LogP contribution in [0.3, 0.4) is 0 Å². The van der Waals surface area contributed by atoms with E-state index in [0.29, 0.717) is 27.6 Å². The van der Waals surface area contributed by atoms with Crippen molar-refractivity contribution in [3.8, 4) is 5.75 Å². The molecule has 0 unspecified atom stereocenters. The Labute approximate surface area is 569 Å². The maximum absolute atomic E-state index is 15.2. The predicted molar refractivity (Wildman–Crippen MR) is 360 cm³/mol. The molecule has 97 heavy (non-hydrogen) atoms. The minimum atomic E-state index is -1.87. The fraction of sp³-hybridized carbons (Fsp3) is 0.485. The van der Waals surface area contributed by atoms with Gasteiger partial charge in [-0.1, -0.05) is 82.3 Å². The van der Waals surface area contributed by atoms with Gasteiger partial charge in [0.2, 0.25) is 47.3 Å². The minimum Gasteiger partial charge on any atom is -0.508 e. The number of para-hydroxylation sites is 1. The van der Waals surface area contributed by atoms with Crippen LogP contribution in [0.1, 0.15) is 97.8 Å². The van der Waals surface area contributed by atoms with Crippen molar-refractivity contribution in [3.05, 3.63) is 114 Å². The van der Waals surface area contributed by atoms with Crippen LogP contribution in [0, 0.1) is 0 Å². The second kappa shape index (κ2) is 36.2. The van der Waals surface area contributed by atoms with Crippen molar-refractivity contribution >= 4 is 104 Å². The number of aromatic nitrogens is 1. The lowest BCUT2D eigenvalue weighted by Gasteiger charge is -2.29. The maximum atomic E-state index is 15.2. The molecule has 0 saturated carbocycles. The summed E-state index contributed by atoms with van der Waals surface area (Å²) in [5.41, 5.74) is 0.416. The summed E-state index contributed by atoms with van der Waals surface area (Å²) in [6.07, 6.45) is -1.46. The number of phenols is 1.